The van der Waals surface area contributed by atoms with Crippen LogP contribution in [-0.2, 0) is 0 Å². The van der Waals surface area contributed by atoms with Crippen LogP contribution in [0.15, 0.2) is 36.7 Å². The molecule has 1 amide bonds. The molecule has 2 rings (SSSR count). The maximum absolute atomic E-state index is 12.3. The highest BCUT2D eigenvalue weighted by molar-refractivity contribution is 6.32. The monoisotopic (exact) mass is 290 g/mol. The van der Waals surface area contributed by atoms with Gasteiger partial charge in [-0.25, -0.2) is 9.97 Å². The smallest absolute Gasteiger partial charge is 0.259 e. The lowest BCUT2D eigenvalue weighted by Gasteiger charge is -2.10. The van der Waals surface area contributed by atoms with Gasteiger partial charge < -0.3 is 10.6 Å². The average molecular weight is 291 g/mol. The molecule has 20 heavy (non-hydrogen) atoms. The maximum atomic E-state index is 12.3. The van der Waals surface area contributed by atoms with Crippen molar-refractivity contribution >= 4 is 29.0 Å². The molecule has 0 fully saturated rings. The topological polar surface area (TPSA) is 66.9 Å². The summed E-state index contributed by atoms with van der Waals surface area (Å²) < 4.78 is 0. The van der Waals surface area contributed by atoms with Crippen molar-refractivity contribution in [3.05, 3.63) is 47.4 Å². The van der Waals surface area contributed by atoms with Crippen LogP contribution in [-0.4, -0.2) is 22.4 Å². The minimum absolute atomic E-state index is 0.257. The van der Waals surface area contributed by atoms with E-state index < -0.39 is 0 Å². The van der Waals surface area contributed by atoms with Gasteiger partial charge in [-0.1, -0.05) is 18.5 Å². The Kier molecular flexibility index (Phi) is 4.90. The number of pyridine rings is 2. The first-order valence-corrected chi connectivity index (χ1v) is 6.71. The molecule has 0 aliphatic carbocycles. The third kappa shape index (κ3) is 3.45. The zero-order chi connectivity index (χ0) is 14.4. The number of carbonyl (C=O) groups is 1. The minimum Gasteiger partial charge on any atom is -0.369 e. The van der Waals surface area contributed by atoms with Gasteiger partial charge in [0, 0.05) is 18.9 Å². The van der Waals surface area contributed by atoms with E-state index in [1.165, 1.54) is 0 Å². The number of halogens is 1. The molecular formula is C14H15ClN4O. The second-order valence-electron chi connectivity index (χ2n) is 4.12. The second-order valence-corrected chi connectivity index (χ2v) is 4.48. The molecule has 0 unspecified atom stereocenters. The lowest BCUT2D eigenvalue weighted by Crippen LogP contribution is -2.16. The molecular weight excluding hydrogens is 276 g/mol. The third-order valence-corrected chi connectivity index (χ3v) is 2.90. The Bertz CT molecular complexity index is 603. The van der Waals surface area contributed by atoms with Gasteiger partial charge in [-0.05, 0) is 30.7 Å². The van der Waals surface area contributed by atoms with Crippen molar-refractivity contribution in [2.45, 2.75) is 13.3 Å². The summed E-state index contributed by atoms with van der Waals surface area (Å²) in [5.41, 5.74) is 0.949. The van der Waals surface area contributed by atoms with Crippen LogP contribution >= 0.6 is 11.6 Å². The molecule has 2 aromatic rings. The summed E-state index contributed by atoms with van der Waals surface area (Å²) in [6.07, 6.45) is 4.16. The van der Waals surface area contributed by atoms with E-state index in [4.69, 9.17) is 11.6 Å². The molecule has 104 valence electrons. The number of amides is 1. The third-order valence-electron chi connectivity index (χ3n) is 2.60. The van der Waals surface area contributed by atoms with Gasteiger partial charge in [0.1, 0.15) is 5.82 Å². The van der Waals surface area contributed by atoms with Gasteiger partial charge in [0.2, 0.25) is 0 Å². The first kappa shape index (κ1) is 14.3. The van der Waals surface area contributed by atoms with Crippen molar-refractivity contribution < 1.29 is 4.79 Å². The Morgan fingerprint density at radius 1 is 1.25 bits per heavy atom. The largest absolute Gasteiger partial charge is 0.369 e. The quantitative estimate of drug-likeness (QED) is 0.830. The van der Waals surface area contributed by atoms with Gasteiger partial charge >= 0.3 is 0 Å². The zero-order valence-electron chi connectivity index (χ0n) is 11.1. The Labute approximate surface area is 122 Å². The van der Waals surface area contributed by atoms with E-state index in [0.29, 0.717) is 17.1 Å². The Morgan fingerprint density at radius 3 is 2.75 bits per heavy atom. The van der Waals surface area contributed by atoms with Crippen molar-refractivity contribution in [2.24, 2.45) is 0 Å². The number of rotatable bonds is 5. The number of hydrogen-bond donors (Lipinski definition) is 2. The number of carbonyl (C=O) groups excluding carboxylic acids is 1. The number of nitrogens with one attached hydrogen (secondary N) is 2. The van der Waals surface area contributed by atoms with Gasteiger partial charge in [-0.2, -0.15) is 0 Å². The van der Waals surface area contributed by atoms with Crippen molar-refractivity contribution in [1.82, 2.24) is 9.97 Å². The highest BCUT2D eigenvalue weighted by atomic mass is 35.5. The minimum atomic E-state index is -0.272. The van der Waals surface area contributed by atoms with Crippen LogP contribution in [0.2, 0.25) is 5.15 Å². The fourth-order valence-electron chi connectivity index (χ4n) is 1.64. The molecule has 0 radical (unpaired) electrons. The summed E-state index contributed by atoms with van der Waals surface area (Å²) >= 11 is 5.92. The lowest BCUT2D eigenvalue weighted by molar-refractivity contribution is 0.102. The standard InChI is InChI=1S/C14H15ClN4O/c1-2-7-17-13-10(5-3-9-18-13)14(20)19-11-6-4-8-16-12(11)15/h3-6,8-9H,2,7H2,1H3,(H,17,18)(H,19,20). The SMILES string of the molecule is CCCNc1ncccc1C(=O)Nc1cccnc1Cl. The van der Waals surface area contributed by atoms with Crippen LogP contribution in [0.25, 0.3) is 0 Å². The fourth-order valence-corrected chi connectivity index (χ4v) is 1.81. The number of hydrogen-bond acceptors (Lipinski definition) is 4. The first-order valence-electron chi connectivity index (χ1n) is 6.33. The van der Waals surface area contributed by atoms with Gasteiger partial charge in [-0.15, -0.1) is 0 Å². The Morgan fingerprint density at radius 2 is 2.00 bits per heavy atom. The molecule has 0 saturated carbocycles. The molecule has 0 aliphatic heterocycles. The van der Waals surface area contributed by atoms with Crippen LogP contribution in [0.4, 0.5) is 11.5 Å². The predicted octanol–water partition coefficient (Wildman–Crippen LogP) is 3.20. The van der Waals surface area contributed by atoms with Gasteiger partial charge in [0.05, 0.1) is 11.3 Å². The number of aromatic nitrogens is 2. The Balaban J connectivity index is 2.19. The van der Waals surface area contributed by atoms with Crippen LogP contribution in [0.5, 0.6) is 0 Å². The first-order chi connectivity index (χ1) is 9.72. The van der Waals surface area contributed by atoms with E-state index in [1.807, 2.05) is 6.92 Å². The zero-order valence-corrected chi connectivity index (χ0v) is 11.8. The van der Waals surface area contributed by atoms with Gasteiger partial charge in [0.15, 0.2) is 5.15 Å². The number of anilines is 2. The van der Waals surface area contributed by atoms with Crippen LogP contribution in [0, 0.1) is 0 Å². The Hall–Kier alpha value is -2.14. The van der Waals surface area contributed by atoms with Crippen LogP contribution in [0.3, 0.4) is 0 Å². The molecule has 0 aromatic carbocycles. The van der Waals surface area contributed by atoms with Crippen molar-refractivity contribution in [3.8, 4) is 0 Å². The summed E-state index contributed by atoms with van der Waals surface area (Å²) in [5, 5.41) is 6.11. The van der Waals surface area contributed by atoms with Gasteiger partial charge in [0.25, 0.3) is 5.91 Å². The maximum Gasteiger partial charge on any atom is 0.259 e. The molecule has 6 heteroatoms. The highest BCUT2D eigenvalue weighted by Crippen LogP contribution is 2.20. The average Bonchev–Trinajstić information content (AvgIpc) is 2.47. The summed E-state index contributed by atoms with van der Waals surface area (Å²) in [6.45, 7) is 2.80. The van der Waals surface area contributed by atoms with Crippen molar-refractivity contribution in [2.75, 3.05) is 17.2 Å². The number of nitrogens with zero attached hydrogens (tertiary/aromatic N) is 2. The van der Waals surface area contributed by atoms with Crippen LogP contribution < -0.4 is 10.6 Å². The predicted molar refractivity (Wildman–Crippen MR) is 80.2 cm³/mol. The molecule has 2 heterocycles. The van der Waals surface area contributed by atoms with E-state index in [-0.39, 0.29) is 11.1 Å². The van der Waals surface area contributed by atoms with Crippen molar-refractivity contribution in [1.29, 1.82) is 0 Å². The summed E-state index contributed by atoms with van der Waals surface area (Å²) in [4.78, 5) is 20.4. The van der Waals surface area contributed by atoms with Gasteiger partial charge in [-0.3, -0.25) is 4.79 Å². The van der Waals surface area contributed by atoms with Crippen molar-refractivity contribution in [3.63, 3.8) is 0 Å². The molecule has 0 saturated heterocycles. The van der Waals surface area contributed by atoms with E-state index in [9.17, 15) is 4.79 Å². The molecule has 0 atom stereocenters. The summed E-state index contributed by atoms with van der Waals surface area (Å²) in [5.74, 6) is 0.290. The molecule has 0 spiro atoms. The lowest BCUT2D eigenvalue weighted by atomic mass is 10.2. The second kappa shape index (κ2) is 6.86. The molecule has 2 aromatic heterocycles. The molecule has 5 nitrogen and oxygen atoms in total. The van der Waals surface area contributed by atoms with E-state index >= 15 is 0 Å². The fraction of sp³-hybridized carbons (Fsp3) is 0.214. The molecule has 2 N–H and O–H groups in total. The van der Waals surface area contributed by atoms with Crippen LogP contribution in [0.1, 0.15) is 23.7 Å². The molecule has 0 bridgehead atoms. The van der Waals surface area contributed by atoms with E-state index in [2.05, 4.69) is 20.6 Å². The summed E-state index contributed by atoms with van der Waals surface area (Å²) in [6, 6.07) is 6.84. The molecule has 0 aliphatic rings. The van der Waals surface area contributed by atoms with E-state index in [1.54, 1.807) is 36.7 Å². The summed E-state index contributed by atoms with van der Waals surface area (Å²) in [7, 11) is 0. The normalized spacial score (nSPS) is 10.1. The van der Waals surface area contributed by atoms with E-state index in [0.717, 1.165) is 13.0 Å². The highest BCUT2D eigenvalue weighted by Gasteiger charge is 2.13.